The average molecular weight is 451 g/mol. The Balaban J connectivity index is 0.000000418. The van der Waals surface area contributed by atoms with Gasteiger partial charge >= 0.3 is 5.97 Å². The number of aliphatic hydroxyl groups is 1. The third-order valence-electron chi connectivity index (χ3n) is 7.18. The quantitative estimate of drug-likeness (QED) is 0.534. The molecule has 0 radical (unpaired) electrons. The Morgan fingerprint density at radius 2 is 1.97 bits per heavy atom. The average Bonchev–Trinajstić information content (AvgIpc) is 3.07. The molecule has 0 spiro atoms. The zero-order chi connectivity index (χ0) is 22.6. The van der Waals surface area contributed by atoms with Crippen molar-refractivity contribution in [3.8, 4) is 0 Å². The number of carbonyl (C=O) groups excluding carboxylic acids is 1. The molecule has 2 aromatic rings. The lowest BCUT2D eigenvalue weighted by molar-refractivity contribution is -0.194. The van der Waals surface area contributed by atoms with Gasteiger partial charge in [0.05, 0.1) is 24.9 Å². The summed E-state index contributed by atoms with van der Waals surface area (Å²) < 4.78 is 32.9. The van der Waals surface area contributed by atoms with Crippen LogP contribution in [0, 0.1) is 5.41 Å². The molecule has 8 nitrogen and oxygen atoms in total. The van der Waals surface area contributed by atoms with E-state index in [2.05, 4.69) is 17.9 Å². The summed E-state index contributed by atoms with van der Waals surface area (Å²) in [6, 6.07) is 8.45. The lowest BCUT2D eigenvalue weighted by Gasteiger charge is -2.57. The minimum atomic E-state index is -3.67. The normalized spacial score (nSPS) is 29.6. The molecule has 5 rings (SSSR count). The highest BCUT2D eigenvalue weighted by molar-refractivity contribution is 7.85. The fraction of sp³-hybridized carbons (Fsp3) is 0.591. The van der Waals surface area contributed by atoms with Crippen molar-refractivity contribution in [3.63, 3.8) is 0 Å². The van der Waals surface area contributed by atoms with E-state index in [0.717, 1.165) is 50.0 Å². The predicted octanol–water partition coefficient (Wildman–Crippen LogP) is 2.46. The van der Waals surface area contributed by atoms with E-state index < -0.39 is 21.8 Å². The number of aromatic nitrogens is 1. The van der Waals surface area contributed by atoms with Gasteiger partial charge in [-0.05, 0) is 49.3 Å². The molecule has 0 aliphatic carbocycles. The van der Waals surface area contributed by atoms with Crippen LogP contribution in [0.2, 0.25) is 0 Å². The minimum Gasteiger partial charge on any atom is -0.465 e. The zero-order valence-corrected chi connectivity index (χ0v) is 19.0. The summed E-state index contributed by atoms with van der Waals surface area (Å²) in [6.07, 6.45) is 5.23. The summed E-state index contributed by atoms with van der Waals surface area (Å²) in [7, 11) is -2.30. The van der Waals surface area contributed by atoms with Crippen LogP contribution < -0.4 is 0 Å². The van der Waals surface area contributed by atoms with Gasteiger partial charge in [-0.3, -0.25) is 9.45 Å². The maximum atomic E-state index is 12.8. The number of para-hydroxylation sites is 1. The number of methoxy groups -OCH3 is 1. The van der Waals surface area contributed by atoms with Crippen LogP contribution in [0.3, 0.4) is 0 Å². The van der Waals surface area contributed by atoms with E-state index in [9.17, 15) is 18.3 Å². The second-order valence-corrected chi connectivity index (χ2v) is 10.4. The van der Waals surface area contributed by atoms with Gasteiger partial charge in [0, 0.05) is 24.0 Å². The maximum absolute atomic E-state index is 12.8. The lowest BCUT2D eigenvalue weighted by Crippen LogP contribution is -2.60. The Kier molecular flexibility index (Phi) is 5.44. The number of esters is 1. The molecule has 1 aromatic carbocycles. The monoisotopic (exact) mass is 450 g/mol. The van der Waals surface area contributed by atoms with E-state index in [4.69, 9.17) is 9.29 Å². The van der Waals surface area contributed by atoms with E-state index in [1.807, 2.05) is 22.8 Å². The summed E-state index contributed by atoms with van der Waals surface area (Å²) >= 11 is 0. The van der Waals surface area contributed by atoms with Gasteiger partial charge in [-0.1, -0.05) is 25.1 Å². The van der Waals surface area contributed by atoms with E-state index in [1.165, 1.54) is 18.1 Å². The van der Waals surface area contributed by atoms with Gasteiger partial charge in [0.15, 0.2) is 0 Å². The van der Waals surface area contributed by atoms with Crippen LogP contribution in [0.4, 0.5) is 0 Å². The number of fused-ring (bicyclic) bond motifs is 3. The minimum absolute atomic E-state index is 0.0826. The molecule has 0 saturated carbocycles. The number of carbonyl (C=O) groups is 1. The van der Waals surface area contributed by atoms with Crippen LogP contribution in [0.1, 0.15) is 49.9 Å². The van der Waals surface area contributed by atoms with Crippen molar-refractivity contribution in [2.45, 2.75) is 50.8 Å². The van der Waals surface area contributed by atoms with Gasteiger partial charge in [0.1, 0.15) is 0 Å². The molecule has 0 bridgehead atoms. The summed E-state index contributed by atoms with van der Waals surface area (Å²) in [5, 5.41) is 12.9. The summed E-state index contributed by atoms with van der Waals surface area (Å²) in [6.45, 7) is 4.36. The van der Waals surface area contributed by atoms with Crippen LogP contribution in [0.25, 0.3) is 10.9 Å². The van der Waals surface area contributed by atoms with E-state index in [-0.39, 0.29) is 11.5 Å². The Bertz CT molecular complexity index is 1120. The first-order chi connectivity index (χ1) is 14.6. The summed E-state index contributed by atoms with van der Waals surface area (Å²) in [4.78, 5) is 15.4. The molecule has 1 fully saturated rings. The van der Waals surface area contributed by atoms with E-state index in [0.29, 0.717) is 12.7 Å². The highest BCUT2D eigenvalue weighted by Gasteiger charge is 2.60. The first kappa shape index (κ1) is 22.3. The number of benzene rings is 1. The number of ether oxygens (including phenoxy) is 1. The molecule has 3 aliphatic rings. The molecule has 170 valence electrons. The van der Waals surface area contributed by atoms with Crippen molar-refractivity contribution in [2.75, 3.05) is 26.5 Å². The highest BCUT2D eigenvalue weighted by atomic mass is 32.2. The predicted molar refractivity (Wildman–Crippen MR) is 116 cm³/mol. The standard InChI is InChI=1S/C21H26N2O3.CH4O3S/c1-3-20-10-6-11-22-12-9-15-14-7-4-5-8-16(14)23(17(15)18(20)22)21(25,13-20)19(24)26-2;1-5(2,3)4/h4-5,7-8,18,25H,3,6,9-13H2,1-2H3;1H3,(H,2,3,4)/t18-,20+,21+;/m1./s1. The Morgan fingerprint density at radius 3 is 2.61 bits per heavy atom. The van der Waals surface area contributed by atoms with Crippen molar-refractivity contribution < 1.29 is 27.6 Å². The number of rotatable bonds is 2. The third-order valence-corrected chi connectivity index (χ3v) is 7.18. The van der Waals surface area contributed by atoms with Crippen LogP contribution in [-0.4, -0.2) is 60.0 Å². The smallest absolute Gasteiger partial charge is 0.359 e. The largest absolute Gasteiger partial charge is 0.465 e. The second-order valence-electron chi connectivity index (χ2n) is 8.94. The van der Waals surface area contributed by atoms with E-state index in [1.54, 1.807) is 0 Å². The molecule has 1 aromatic heterocycles. The Hall–Kier alpha value is -1.94. The topological polar surface area (TPSA) is 109 Å². The van der Waals surface area contributed by atoms with Crippen LogP contribution in [0.5, 0.6) is 0 Å². The molecule has 1 saturated heterocycles. The van der Waals surface area contributed by atoms with Crippen LogP contribution in [-0.2, 0) is 31.8 Å². The number of piperidine rings is 1. The van der Waals surface area contributed by atoms with Crippen molar-refractivity contribution in [1.29, 1.82) is 0 Å². The van der Waals surface area contributed by atoms with Crippen molar-refractivity contribution in [3.05, 3.63) is 35.5 Å². The Morgan fingerprint density at radius 1 is 1.29 bits per heavy atom. The third kappa shape index (κ3) is 3.47. The molecule has 3 aliphatic heterocycles. The van der Waals surface area contributed by atoms with Gasteiger partial charge in [-0.2, -0.15) is 8.42 Å². The first-order valence-corrected chi connectivity index (χ1v) is 12.5. The highest BCUT2D eigenvalue weighted by Crippen LogP contribution is 2.60. The van der Waals surface area contributed by atoms with Gasteiger partial charge in [-0.15, -0.1) is 0 Å². The van der Waals surface area contributed by atoms with Gasteiger partial charge < -0.3 is 14.4 Å². The lowest BCUT2D eigenvalue weighted by atomic mass is 9.62. The molecule has 3 atom stereocenters. The molecular formula is C22H30N2O6S. The molecule has 2 N–H and O–H groups in total. The molecule has 4 heterocycles. The SMILES string of the molecule is CC[C@]12CCCN3CCc4c(n(c5ccccc45)[C@@](O)(C(=O)OC)C1)[C@@H]32.CS(=O)(=O)O. The number of hydrogen-bond acceptors (Lipinski definition) is 6. The summed E-state index contributed by atoms with van der Waals surface area (Å²) in [5.74, 6) is -0.546. The van der Waals surface area contributed by atoms with Crippen molar-refractivity contribution in [2.24, 2.45) is 5.41 Å². The maximum Gasteiger partial charge on any atom is 0.359 e. The zero-order valence-electron chi connectivity index (χ0n) is 18.2. The van der Waals surface area contributed by atoms with Crippen molar-refractivity contribution in [1.82, 2.24) is 9.47 Å². The Labute approximate surface area is 182 Å². The fourth-order valence-corrected chi connectivity index (χ4v) is 6.10. The van der Waals surface area contributed by atoms with E-state index >= 15 is 0 Å². The van der Waals surface area contributed by atoms with Gasteiger partial charge in [-0.25, -0.2) is 4.79 Å². The van der Waals surface area contributed by atoms with Gasteiger partial charge in [0.2, 0.25) is 5.72 Å². The second kappa shape index (κ2) is 7.58. The fourth-order valence-electron chi connectivity index (χ4n) is 6.10. The van der Waals surface area contributed by atoms with Crippen LogP contribution >= 0.6 is 0 Å². The molecule has 31 heavy (non-hydrogen) atoms. The number of nitrogens with zero attached hydrogens (tertiary/aromatic N) is 2. The first-order valence-electron chi connectivity index (χ1n) is 10.7. The molecule has 0 amide bonds. The van der Waals surface area contributed by atoms with Gasteiger partial charge in [0.25, 0.3) is 10.1 Å². The van der Waals surface area contributed by atoms with Crippen molar-refractivity contribution >= 4 is 27.0 Å². The molecule has 0 unspecified atom stereocenters. The molecular weight excluding hydrogens is 420 g/mol. The van der Waals surface area contributed by atoms with Crippen LogP contribution in [0.15, 0.2) is 24.3 Å². The molecule has 9 heteroatoms. The number of hydrogen-bond donors (Lipinski definition) is 2. The summed E-state index contributed by atoms with van der Waals surface area (Å²) in [5.41, 5.74) is 1.69.